The van der Waals surface area contributed by atoms with Crippen molar-refractivity contribution >= 4 is 29.2 Å². The first-order chi connectivity index (χ1) is 15.6. The predicted molar refractivity (Wildman–Crippen MR) is 116 cm³/mol. The molecule has 2 heterocycles. The molecule has 1 spiro atoms. The molecule has 11 heteroatoms. The lowest BCUT2D eigenvalue weighted by Crippen LogP contribution is -2.44. The summed E-state index contributed by atoms with van der Waals surface area (Å²) < 4.78 is 41.2. The highest BCUT2D eigenvalue weighted by atomic mass is 19.4. The molecule has 0 bridgehead atoms. The van der Waals surface area contributed by atoms with Crippen LogP contribution in [0.4, 0.5) is 29.3 Å². The first-order valence-corrected chi connectivity index (χ1v) is 11.2. The van der Waals surface area contributed by atoms with Crippen LogP contribution in [0.15, 0.2) is 18.2 Å². The molecule has 180 valence electrons. The summed E-state index contributed by atoms with van der Waals surface area (Å²) in [6.45, 7) is 2.56. The summed E-state index contributed by atoms with van der Waals surface area (Å²) in [6.07, 6.45) is -2.13. The summed E-state index contributed by atoms with van der Waals surface area (Å²) >= 11 is 0. The molecule has 2 saturated heterocycles. The lowest BCUT2D eigenvalue weighted by atomic mass is 9.98. The normalized spacial score (nSPS) is 21.1. The number of halogens is 3. The zero-order chi connectivity index (χ0) is 23.8. The van der Waals surface area contributed by atoms with Crippen molar-refractivity contribution in [1.29, 1.82) is 0 Å². The van der Waals surface area contributed by atoms with Crippen molar-refractivity contribution in [2.75, 3.05) is 50.0 Å². The van der Waals surface area contributed by atoms with Gasteiger partial charge in [0.1, 0.15) is 5.54 Å². The van der Waals surface area contributed by atoms with Crippen LogP contribution < -0.4 is 15.5 Å². The second-order valence-corrected chi connectivity index (χ2v) is 8.99. The summed E-state index contributed by atoms with van der Waals surface area (Å²) in [5.41, 5.74) is -1.69. The molecule has 1 aromatic carbocycles. The average molecular weight is 467 g/mol. The fraction of sp³-hybridized carbons (Fsp3) is 0.591. The maximum atomic E-state index is 13.7. The highest BCUT2D eigenvalue weighted by molar-refractivity contribution is 6.07. The average Bonchev–Trinajstić information content (AvgIpc) is 3.31. The van der Waals surface area contributed by atoms with E-state index in [4.69, 9.17) is 0 Å². The van der Waals surface area contributed by atoms with Crippen molar-refractivity contribution in [2.45, 2.75) is 43.8 Å². The molecule has 2 aliphatic heterocycles. The maximum Gasteiger partial charge on any atom is 0.418 e. The number of anilines is 2. The Labute approximate surface area is 190 Å². The van der Waals surface area contributed by atoms with Crippen LogP contribution >= 0.6 is 0 Å². The van der Waals surface area contributed by atoms with Crippen LogP contribution in [0.1, 0.15) is 37.7 Å². The van der Waals surface area contributed by atoms with E-state index in [9.17, 15) is 27.6 Å². The third-order valence-electron chi connectivity index (χ3n) is 6.72. The molecule has 4 amide bonds. The van der Waals surface area contributed by atoms with Gasteiger partial charge in [-0.15, -0.1) is 0 Å². The predicted octanol–water partition coefficient (Wildman–Crippen LogP) is 2.65. The Morgan fingerprint density at radius 1 is 1.12 bits per heavy atom. The molecule has 8 nitrogen and oxygen atoms in total. The van der Waals surface area contributed by atoms with Crippen LogP contribution in [0.2, 0.25) is 0 Å². The Morgan fingerprint density at radius 2 is 1.79 bits per heavy atom. The molecule has 2 N–H and O–H groups in total. The number of imide groups is 1. The molecule has 3 fully saturated rings. The maximum absolute atomic E-state index is 13.7. The minimum atomic E-state index is -4.65. The third kappa shape index (κ3) is 4.78. The van der Waals surface area contributed by atoms with Crippen molar-refractivity contribution in [3.05, 3.63) is 23.8 Å². The molecule has 1 aliphatic carbocycles. The monoisotopic (exact) mass is 467 g/mol. The van der Waals surface area contributed by atoms with Gasteiger partial charge < -0.3 is 20.4 Å². The molecule has 1 aromatic rings. The van der Waals surface area contributed by atoms with E-state index in [2.05, 4.69) is 15.5 Å². The first kappa shape index (κ1) is 23.3. The Balaban J connectivity index is 1.42. The van der Waals surface area contributed by atoms with E-state index in [1.165, 1.54) is 6.07 Å². The van der Waals surface area contributed by atoms with Gasteiger partial charge in [0.15, 0.2) is 0 Å². The molecule has 1 saturated carbocycles. The largest absolute Gasteiger partial charge is 0.418 e. The second kappa shape index (κ2) is 8.85. The van der Waals surface area contributed by atoms with Crippen molar-refractivity contribution in [3.63, 3.8) is 0 Å². The summed E-state index contributed by atoms with van der Waals surface area (Å²) in [6, 6.07) is 3.33. The van der Waals surface area contributed by atoms with Gasteiger partial charge in [-0.2, -0.15) is 13.2 Å². The van der Waals surface area contributed by atoms with Crippen LogP contribution in [-0.2, 0) is 15.8 Å². The van der Waals surface area contributed by atoms with Gasteiger partial charge in [0, 0.05) is 44.8 Å². The highest BCUT2D eigenvalue weighted by Crippen LogP contribution is 2.38. The molecule has 33 heavy (non-hydrogen) atoms. The quantitative estimate of drug-likeness (QED) is 0.651. The van der Waals surface area contributed by atoms with Gasteiger partial charge in [0.2, 0.25) is 5.91 Å². The number of likely N-dealkylation sites (N-methyl/N-ethyl adjacent to an activating group) is 1. The van der Waals surface area contributed by atoms with E-state index in [-0.39, 0.29) is 24.6 Å². The van der Waals surface area contributed by atoms with E-state index >= 15 is 0 Å². The fourth-order valence-corrected chi connectivity index (χ4v) is 4.76. The Bertz CT molecular complexity index is 938. The van der Waals surface area contributed by atoms with Crippen LogP contribution in [0.5, 0.6) is 0 Å². The minimum Gasteiger partial charge on any atom is -0.369 e. The standard InChI is InChI=1S/C22H28F3N5O3/c1-28-10-12-29(13-11-28)15-4-5-17(16(14-15)22(23,24)25)26-18(31)6-9-30-19(32)21(27-20(30)33)7-2-3-8-21/h4-5,14H,2-3,6-13H2,1H3,(H,26,31)(H,27,33). The van der Waals surface area contributed by atoms with E-state index in [0.717, 1.165) is 36.9 Å². The topological polar surface area (TPSA) is 85.0 Å². The molecule has 3 aliphatic rings. The fourth-order valence-electron chi connectivity index (χ4n) is 4.76. The summed E-state index contributed by atoms with van der Waals surface area (Å²) in [7, 11) is 1.96. The van der Waals surface area contributed by atoms with Crippen LogP contribution in [0.3, 0.4) is 0 Å². The number of piperazine rings is 1. The van der Waals surface area contributed by atoms with Gasteiger partial charge in [0.25, 0.3) is 5.91 Å². The van der Waals surface area contributed by atoms with Crippen LogP contribution in [0.25, 0.3) is 0 Å². The zero-order valence-corrected chi connectivity index (χ0v) is 18.5. The van der Waals surface area contributed by atoms with Gasteiger partial charge in [-0.25, -0.2) is 4.79 Å². The molecular weight excluding hydrogens is 439 g/mol. The lowest BCUT2D eigenvalue weighted by molar-refractivity contribution is -0.137. The van der Waals surface area contributed by atoms with E-state index < -0.39 is 29.2 Å². The number of hydrogen-bond donors (Lipinski definition) is 2. The van der Waals surface area contributed by atoms with Gasteiger partial charge in [-0.3, -0.25) is 14.5 Å². The smallest absolute Gasteiger partial charge is 0.369 e. The highest BCUT2D eigenvalue weighted by Gasteiger charge is 2.52. The SMILES string of the molecule is CN1CCN(c2ccc(NC(=O)CCN3C(=O)NC4(CCCC4)C3=O)c(C(F)(F)F)c2)CC1. The number of benzene rings is 1. The third-order valence-corrected chi connectivity index (χ3v) is 6.72. The van der Waals surface area contributed by atoms with Gasteiger partial charge >= 0.3 is 12.2 Å². The first-order valence-electron chi connectivity index (χ1n) is 11.2. The Morgan fingerprint density at radius 3 is 2.42 bits per heavy atom. The zero-order valence-electron chi connectivity index (χ0n) is 18.5. The van der Waals surface area contributed by atoms with Crippen molar-refractivity contribution in [2.24, 2.45) is 0 Å². The van der Waals surface area contributed by atoms with Gasteiger partial charge in [-0.05, 0) is 38.1 Å². The van der Waals surface area contributed by atoms with Crippen LogP contribution in [0, 0.1) is 0 Å². The Hall–Kier alpha value is -2.82. The van der Waals surface area contributed by atoms with E-state index in [0.29, 0.717) is 31.6 Å². The molecule has 0 aromatic heterocycles. The molecule has 0 atom stereocenters. The number of carbonyl (C=O) groups excluding carboxylic acids is 3. The van der Waals surface area contributed by atoms with E-state index in [1.54, 1.807) is 6.07 Å². The summed E-state index contributed by atoms with van der Waals surface area (Å²) in [4.78, 5) is 42.3. The molecule has 0 radical (unpaired) electrons. The van der Waals surface area contributed by atoms with Crippen LogP contribution in [-0.4, -0.2) is 73.0 Å². The molecular formula is C22H28F3N5O3. The van der Waals surface area contributed by atoms with Gasteiger partial charge in [-0.1, -0.05) is 12.8 Å². The second-order valence-electron chi connectivity index (χ2n) is 8.99. The number of carbonyl (C=O) groups is 3. The number of hydrogen-bond acceptors (Lipinski definition) is 5. The number of urea groups is 1. The number of nitrogens with zero attached hydrogens (tertiary/aromatic N) is 3. The van der Waals surface area contributed by atoms with E-state index in [1.807, 2.05) is 11.9 Å². The number of nitrogens with one attached hydrogen (secondary N) is 2. The molecule has 0 unspecified atom stereocenters. The lowest BCUT2D eigenvalue weighted by Gasteiger charge is -2.34. The van der Waals surface area contributed by atoms with Crippen molar-refractivity contribution in [1.82, 2.24) is 15.1 Å². The summed E-state index contributed by atoms with van der Waals surface area (Å²) in [5, 5.41) is 5.03. The number of rotatable bonds is 5. The number of amides is 4. The van der Waals surface area contributed by atoms with Crippen molar-refractivity contribution in [3.8, 4) is 0 Å². The molecule has 4 rings (SSSR count). The number of alkyl halides is 3. The van der Waals surface area contributed by atoms with Crippen molar-refractivity contribution < 1.29 is 27.6 Å². The van der Waals surface area contributed by atoms with Gasteiger partial charge in [0.05, 0.1) is 11.3 Å². The minimum absolute atomic E-state index is 0.182. The summed E-state index contributed by atoms with van der Waals surface area (Å²) in [5.74, 6) is -1.05. The Kier molecular flexibility index (Phi) is 6.26.